The molecule has 0 bridgehead atoms. The van der Waals surface area contributed by atoms with E-state index < -0.39 is 17.5 Å². The van der Waals surface area contributed by atoms with Crippen molar-refractivity contribution in [1.82, 2.24) is 9.78 Å². The Hall–Kier alpha value is -3.22. The van der Waals surface area contributed by atoms with Crippen molar-refractivity contribution < 1.29 is 18.3 Å². The van der Waals surface area contributed by atoms with Gasteiger partial charge in [0.05, 0.1) is 36.3 Å². The molecule has 0 aliphatic heterocycles. The minimum atomic E-state index is -1.17. The monoisotopic (exact) mass is 371 g/mol. The minimum absolute atomic E-state index is 0.352. The molecule has 3 rings (SSSR count). The summed E-state index contributed by atoms with van der Waals surface area (Å²) in [5.74, 6) is -2.22. The number of methoxy groups -OCH3 is 1. The van der Waals surface area contributed by atoms with Crippen molar-refractivity contribution in [2.24, 2.45) is 0 Å². The summed E-state index contributed by atoms with van der Waals surface area (Å²) in [7, 11) is 1.60. The Kier molecular flexibility index (Phi) is 5.21. The molecule has 5 nitrogen and oxygen atoms in total. The molecule has 0 spiro atoms. The van der Waals surface area contributed by atoms with Crippen LogP contribution in [0.3, 0.4) is 0 Å². The Bertz CT molecular complexity index is 999. The van der Waals surface area contributed by atoms with Crippen molar-refractivity contribution in [3.63, 3.8) is 0 Å². The number of rotatable bonds is 5. The second kappa shape index (κ2) is 7.57. The molecule has 0 unspecified atom stereocenters. The SMILES string of the molecule is COc1cccc(Cn2nc(C)c(NC(=O)c3cccc(F)c3F)c2C)c1. The third-order valence-corrected chi connectivity index (χ3v) is 4.28. The fourth-order valence-electron chi connectivity index (χ4n) is 2.84. The van der Waals surface area contributed by atoms with Crippen LogP contribution in [0.25, 0.3) is 0 Å². The summed E-state index contributed by atoms with van der Waals surface area (Å²) in [4.78, 5) is 12.4. The van der Waals surface area contributed by atoms with Gasteiger partial charge in [-0.1, -0.05) is 18.2 Å². The smallest absolute Gasteiger partial charge is 0.258 e. The van der Waals surface area contributed by atoms with Crippen LogP contribution in [0.1, 0.15) is 27.3 Å². The quantitative estimate of drug-likeness (QED) is 0.735. The molecule has 0 fully saturated rings. The lowest BCUT2D eigenvalue weighted by Gasteiger charge is -2.09. The lowest BCUT2D eigenvalue weighted by molar-refractivity contribution is 0.102. The maximum absolute atomic E-state index is 13.9. The van der Waals surface area contributed by atoms with Crippen LogP contribution in [0.5, 0.6) is 5.75 Å². The van der Waals surface area contributed by atoms with E-state index in [2.05, 4.69) is 10.4 Å². The maximum Gasteiger partial charge on any atom is 0.258 e. The highest BCUT2D eigenvalue weighted by atomic mass is 19.2. The van der Waals surface area contributed by atoms with E-state index in [0.717, 1.165) is 17.4 Å². The number of ether oxygens (including phenoxy) is 1. The molecule has 1 heterocycles. The van der Waals surface area contributed by atoms with Gasteiger partial charge in [0.2, 0.25) is 0 Å². The van der Waals surface area contributed by atoms with Crippen molar-refractivity contribution in [2.45, 2.75) is 20.4 Å². The Balaban J connectivity index is 1.85. The zero-order chi connectivity index (χ0) is 19.6. The third-order valence-electron chi connectivity index (χ3n) is 4.28. The van der Waals surface area contributed by atoms with E-state index in [4.69, 9.17) is 4.74 Å². The van der Waals surface area contributed by atoms with E-state index in [1.54, 1.807) is 25.6 Å². The van der Waals surface area contributed by atoms with Gasteiger partial charge in [0.25, 0.3) is 5.91 Å². The first kappa shape index (κ1) is 18.6. The second-order valence-corrected chi connectivity index (χ2v) is 6.11. The van der Waals surface area contributed by atoms with Gasteiger partial charge in [0.1, 0.15) is 5.75 Å². The molecule has 2 aromatic carbocycles. The first-order valence-electron chi connectivity index (χ1n) is 8.33. The van der Waals surface area contributed by atoms with Crippen LogP contribution in [-0.2, 0) is 6.54 Å². The van der Waals surface area contributed by atoms with Gasteiger partial charge in [0.15, 0.2) is 11.6 Å². The summed E-state index contributed by atoms with van der Waals surface area (Å²) in [6.45, 7) is 4.03. The molecule has 1 aromatic heterocycles. The number of anilines is 1. The molecule has 0 radical (unpaired) electrons. The van der Waals surface area contributed by atoms with Crippen LogP contribution in [0.4, 0.5) is 14.5 Å². The van der Waals surface area contributed by atoms with Gasteiger partial charge in [0, 0.05) is 0 Å². The number of nitrogens with zero attached hydrogens (tertiary/aromatic N) is 2. The largest absolute Gasteiger partial charge is 0.497 e. The Morgan fingerprint density at radius 3 is 2.67 bits per heavy atom. The molecule has 0 aliphatic rings. The van der Waals surface area contributed by atoms with E-state index in [9.17, 15) is 13.6 Å². The summed E-state index contributed by atoms with van der Waals surface area (Å²) in [5.41, 5.74) is 2.40. The summed E-state index contributed by atoms with van der Waals surface area (Å²) >= 11 is 0. The predicted molar refractivity (Wildman–Crippen MR) is 98.1 cm³/mol. The number of amides is 1. The lowest BCUT2D eigenvalue weighted by atomic mass is 10.2. The molecular formula is C20H19F2N3O2. The molecule has 3 aromatic rings. The van der Waals surface area contributed by atoms with Crippen molar-refractivity contribution in [3.8, 4) is 5.75 Å². The van der Waals surface area contributed by atoms with Crippen molar-refractivity contribution in [3.05, 3.63) is 76.6 Å². The third kappa shape index (κ3) is 3.81. The minimum Gasteiger partial charge on any atom is -0.497 e. The topological polar surface area (TPSA) is 56.1 Å². The Labute approximate surface area is 155 Å². The molecule has 140 valence electrons. The number of hydrogen-bond donors (Lipinski definition) is 1. The predicted octanol–water partition coefficient (Wildman–Crippen LogP) is 4.09. The molecule has 7 heteroatoms. The number of benzene rings is 2. The summed E-state index contributed by atoms with van der Waals surface area (Å²) in [5, 5.41) is 7.08. The van der Waals surface area contributed by atoms with E-state index in [1.165, 1.54) is 12.1 Å². The number of hydrogen-bond acceptors (Lipinski definition) is 3. The second-order valence-electron chi connectivity index (χ2n) is 6.11. The van der Waals surface area contributed by atoms with Gasteiger partial charge < -0.3 is 10.1 Å². The Morgan fingerprint density at radius 1 is 1.19 bits per heavy atom. The molecule has 27 heavy (non-hydrogen) atoms. The average Bonchev–Trinajstić information content (AvgIpc) is 2.91. The van der Waals surface area contributed by atoms with Crippen LogP contribution in [0.15, 0.2) is 42.5 Å². The van der Waals surface area contributed by atoms with Gasteiger partial charge in [-0.3, -0.25) is 9.48 Å². The highest BCUT2D eigenvalue weighted by Gasteiger charge is 2.19. The average molecular weight is 371 g/mol. The number of nitrogens with one attached hydrogen (secondary N) is 1. The molecule has 0 atom stereocenters. The molecule has 0 aliphatic carbocycles. The van der Waals surface area contributed by atoms with Crippen LogP contribution in [-0.4, -0.2) is 22.8 Å². The van der Waals surface area contributed by atoms with Gasteiger partial charge in [-0.2, -0.15) is 5.10 Å². The van der Waals surface area contributed by atoms with Crippen LogP contribution >= 0.6 is 0 Å². The number of carbonyl (C=O) groups is 1. The van der Waals surface area contributed by atoms with Gasteiger partial charge >= 0.3 is 0 Å². The first-order chi connectivity index (χ1) is 12.9. The number of carbonyl (C=O) groups excluding carboxylic acids is 1. The van der Waals surface area contributed by atoms with Crippen molar-refractivity contribution >= 4 is 11.6 Å². The van der Waals surface area contributed by atoms with Gasteiger partial charge in [-0.15, -0.1) is 0 Å². The van der Waals surface area contributed by atoms with E-state index >= 15 is 0 Å². The standard InChI is InChI=1S/C20H19F2N3O2/c1-12-19(23-20(26)16-8-5-9-17(21)18(16)22)13(2)25(24-12)11-14-6-4-7-15(10-14)27-3/h4-10H,11H2,1-3H3,(H,23,26). The fraction of sp³-hybridized carbons (Fsp3) is 0.200. The van der Waals surface area contributed by atoms with E-state index in [-0.39, 0.29) is 5.56 Å². The summed E-state index contributed by atoms with van der Waals surface area (Å²) < 4.78 is 34.2. The van der Waals surface area contributed by atoms with E-state index in [0.29, 0.717) is 23.6 Å². The van der Waals surface area contributed by atoms with Gasteiger partial charge in [-0.05, 0) is 43.7 Å². The van der Waals surface area contributed by atoms with Crippen LogP contribution < -0.4 is 10.1 Å². The number of halogens is 2. The molecular weight excluding hydrogens is 352 g/mol. The van der Waals surface area contributed by atoms with Crippen molar-refractivity contribution in [1.29, 1.82) is 0 Å². The summed E-state index contributed by atoms with van der Waals surface area (Å²) in [6, 6.07) is 11.1. The van der Waals surface area contributed by atoms with Crippen LogP contribution in [0.2, 0.25) is 0 Å². The molecule has 0 saturated heterocycles. The van der Waals surface area contributed by atoms with Crippen molar-refractivity contribution in [2.75, 3.05) is 12.4 Å². The lowest BCUT2D eigenvalue weighted by Crippen LogP contribution is -2.15. The molecule has 1 amide bonds. The Morgan fingerprint density at radius 2 is 1.93 bits per heavy atom. The number of aromatic nitrogens is 2. The zero-order valence-electron chi connectivity index (χ0n) is 15.2. The highest BCUT2D eigenvalue weighted by molar-refractivity contribution is 6.05. The first-order valence-corrected chi connectivity index (χ1v) is 8.33. The maximum atomic E-state index is 13.9. The normalized spacial score (nSPS) is 10.7. The number of aryl methyl sites for hydroxylation is 1. The highest BCUT2D eigenvalue weighted by Crippen LogP contribution is 2.23. The fourth-order valence-corrected chi connectivity index (χ4v) is 2.84. The van der Waals surface area contributed by atoms with Crippen LogP contribution in [0, 0.1) is 25.5 Å². The summed E-state index contributed by atoms with van der Waals surface area (Å²) in [6.07, 6.45) is 0. The molecule has 1 N–H and O–H groups in total. The van der Waals surface area contributed by atoms with E-state index in [1.807, 2.05) is 24.3 Å². The zero-order valence-corrected chi connectivity index (χ0v) is 15.2. The van der Waals surface area contributed by atoms with Gasteiger partial charge in [-0.25, -0.2) is 8.78 Å². The molecule has 0 saturated carbocycles.